The summed E-state index contributed by atoms with van der Waals surface area (Å²) < 4.78 is 41.1. The molecule has 5 heteroatoms. The van der Waals surface area contributed by atoms with Crippen LogP contribution in [0.15, 0.2) is 24.3 Å². The summed E-state index contributed by atoms with van der Waals surface area (Å²) in [5.41, 5.74) is 11.2. The lowest BCUT2D eigenvalue weighted by Gasteiger charge is -2.41. The Labute approximate surface area is 168 Å². The van der Waals surface area contributed by atoms with Crippen LogP contribution >= 0.6 is 0 Å². The maximum absolute atomic E-state index is 13.7. The van der Waals surface area contributed by atoms with E-state index in [9.17, 15) is 18.0 Å². The number of hydrogen-bond donors (Lipinski definition) is 1. The van der Waals surface area contributed by atoms with Crippen molar-refractivity contribution in [1.29, 1.82) is 0 Å². The largest absolute Gasteiger partial charge is 0.416 e. The van der Waals surface area contributed by atoms with E-state index < -0.39 is 17.6 Å². The Bertz CT molecular complexity index is 1040. The third kappa shape index (κ3) is 2.73. The van der Waals surface area contributed by atoms with Crippen LogP contribution in [0.5, 0.6) is 0 Å². The van der Waals surface area contributed by atoms with Crippen molar-refractivity contribution in [3.05, 3.63) is 57.6 Å². The lowest BCUT2D eigenvalue weighted by atomic mass is 9.63. The molecule has 152 valence electrons. The summed E-state index contributed by atoms with van der Waals surface area (Å²) in [4.78, 5) is 11.8. The fourth-order valence-corrected chi connectivity index (χ4v) is 6.59. The van der Waals surface area contributed by atoms with Crippen molar-refractivity contribution >= 4 is 5.91 Å². The van der Waals surface area contributed by atoms with E-state index in [4.69, 9.17) is 5.73 Å². The van der Waals surface area contributed by atoms with E-state index in [-0.39, 0.29) is 12.3 Å². The summed E-state index contributed by atoms with van der Waals surface area (Å²) in [5, 5.41) is 0. The Balaban J connectivity index is 1.86. The van der Waals surface area contributed by atoms with Crippen LogP contribution in [-0.2, 0) is 17.4 Å². The second kappa shape index (κ2) is 6.10. The number of aryl methyl sites for hydroxylation is 2. The van der Waals surface area contributed by atoms with Gasteiger partial charge in [-0.25, -0.2) is 0 Å². The van der Waals surface area contributed by atoms with E-state index in [2.05, 4.69) is 13.0 Å². The molecule has 0 spiro atoms. The first-order chi connectivity index (χ1) is 13.6. The van der Waals surface area contributed by atoms with Gasteiger partial charge in [-0.05, 0) is 102 Å². The first-order valence-electron chi connectivity index (χ1n) is 10.3. The third-order valence-corrected chi connectivity index (χ3v) is 7.36. The molecule has 3 aliphatic carbocycles. The van der Waals surface area contributed by atoms with Gasteiger partial charge in [-0.1, -0.05) is 17.7 Å². The summed E-state index contributed by atoms with van der Waals surface area (Å²) in [7, 11) is 0. The van der Waals surface area contributed by atoms with Gasteiger partial charge >= 0.3 is 6.18 Å². The van der Waals surface area contributed by atoms with Crippen molar-refractivity contribution in [3.63, 3.8) is 0 Å². The SMILES string of the molecule is Cc1cc(C)c2c(c1)-c1cc(C(F)(F)F)cc(CC(N)=O)c1C1C3CCC(C3)C21. The van der Waals surface area contributed by atoms with Crippen LogP contribution in [0.3, 0.4) is 0 Å². The zero-order chi connectivity index (χ0) is 20.7. The van der Waals surface area contributed by atoms with Crippen LogP contribution in [0.25, 0.3) is 11.1 Å². The van der Waals surface area contributed by atoms with Gasteiger partial charge in [0, 0.05) is 0 Å². The molecule has 4 atom stereocenters. The first kappa shape index (κ1) is 18.7. The molecule has 2 N–H and O–H groups in total. The molecule has 29 heavy (non-hydrogen) atoms. The maximum atomic E-state index is 13.7. The second-order valence-corrected chi connectivity index (χ2v) is 9.17. The minimum Gasteiger partial charge on any atom is -0.369 e. The number of benzene rings is 2. The Morgan fingerprint density at radius 3 is 2.24 bits per heavy atom. The fourth-order valence-electron chi connectivity index (χ4n) is 6.59. The number of alkyl halides is 3. The van der Waals surface area contributed by atoms with Gasteiger partial charge in [-0.15, -0.1) is 0 Å². The molecule has 0 aliphatic heterocycles. The number of rotatable bonds is 2. The zero-order valence-corrected chi connectivity index (χ0v) is 16.6. The minimum absolute atomic E-state index is 0.146. The fraction of sp³-hybridized carbons (Fsp3) is 0.458. The molecule has 5 rings (SSSR count). The first-order valence-corrected chi connectivity index (χ1v) is 10.3. The van der Waals surface area contributed by atoms with Gasteiger partial charge < -0.3 is 5.73 Å². The van der Waals surface area contributed by atoms with Crippen molar-refractivity contribution in [2.24, 2.45) is 17.6 Å². The van der Waals surface area contributed by atoms with Crippen LogP contribution in [0.4, 0.5) is 13.2 Å². The van der Waals surface area contributed by atoms with Crippen molar-refractivity contribution in [2.45, 2.75) is 57.5 Å². The molecule has 2 aromatic rings. The Morgan fingerprint density at radius 1 is 1.00 bits per heavy atom. The highest BCUT2D eigenvalue weighted by Crippen LogP contribution is 2.66. The molecule has 0 aromatic heterocycles. The highest BCUT2D eigenvalue weighted by molar-refractivity contribution is 5.83. The van der Waals surface area contributed by atoms with E-state index >= 15 is 0 Å². The molecular formula is C24H24F3NO. The number of carbonyl (C=O) groups is 1. The lowest BCUT2D eigenvalue weighted by molar-refractivity contribution is -0.137. The van der Waals surface area contributed by atoms with Crippen LogP contribution in [0.2, 0.25) is 0 Å². The average Bonchev–Trinajstić information content (AvgIpc) is 3.21. The summed E-state index contributed by atoms with van der Waals surface area (Å²) in [6.07, 6.45) is -1.19. The zero-order valence-electron chi connectivity index (χ0n) is 16.6. The molecule has 0 saturated heterocycles. The van der Waals surface area contributed by atoms with Crippen LogP contribution in [0.1, 0.15) is 64.5 Å². The number of primary amides is 1. The van der Waals surface area contributed by atoms with Gasteiger partial charge in [0.15, 0.2) is 0 Å². The Kier molecular flexibility index (Phi) is 3.94. The molecule has 0 heterocycles. The summed E-state index contributed by atoms with van der Waals surface area (Å²) >= 11 is 0. The molecule has 2 bridgehead atoms. The molecule has 2 aromatic carbocycles. The van der Waals surface area contributed by atoms with Gasteiger partial charge in [-0.2, -0.15) is 13.2 Å². The lowest BCUT2D eigenvalue weighted by Crippen LogP contribution is -2.27. The van der Waals surface area contributed by atoms with Gasteiger partial charge in [0.25, 0.3) is 0 Å². The number of hydrogen-bond acceptors (Lipinski definition) is 1. The van der Waals surface area contributed by atoms with E-state index in [1.165, 1.54) is 29.7 Å². The average molecular weight is 399 g/mol. The minimum atomic E-state index is -4.47. The standard InChI is InChI=1S/C24H24F3NO/c1-11-5-12(2)20-17(6-11)18-10-16(24(25,26)27)8-15(9-19(28)29)21(18)23-14-4-3-13(7-14)22(20)23/h5-6,8,10,13-14,22-23H,3-4,7,9H2,1-2H3,(H2,28,29). The number of nitrogens with two attached hydrogens (primary N) is 1. The molecule has 4 unspecified atom stereocenters. The van der Waals surface area contributed by atoms with E-state index in [1.54, 1.807) is 0 Å². The summed E-state index contributed by atoms with van der Waals surface area (Å²) in [6, 6.07) is 6.64. The number of carbonyl (C=O) groups excluding carboxylic acids is 1. The number of halogens is 3. The molecule has 1 amide bonds. The highest BCUT2D eigenvalue weighted by atomic mass is 19.4. The van der Waals surface area contributed by atoms with Crippen molar-refractivity contribution in [1.82, 2.24) is 0 Å². The number of fused-ring (bicyclic) bond motifs is 10. The smallest absolute Gasteiger partial charge is 0.369 e. The van der Waals surface area contributed by atoms with Gasteiger partial charge in [0.1, 0.15) is 0 Å². The maximum Gasteiger partial charge on any atom is 0.416 e. The summed E-state index contributed by atoms with van der Waals surface area (Å²) in [5.74, 6) is 0.981. The second-order valence-electron chi connectivity index (χ2n) is 9.17. The quantitative estimate of drug-likeness (QED) is 0.699. The normalized spacial score (nSPS) is 26.8. The predicted octanol–water partition coefficient (Wildman–Crippen LogP) is 5.63. The van der Waals surface area contributed by atoms with Gasteiger partial charge in [0.2, 0.25) is 5.91 Å². The van der Waals surface area contributed by atoms with Crippen LogP contribution < -0.4 is 5.73 Å². The van der Waals surface area contributed by atoms with Crippen molar-refractivity contribution < 1.29 is 18.0 Å². The molecule has 2 fully saturated rings. The number of amides is 1. The molecule has 2 nitrogen and oxygen atoms in total. The molecule has 2 saturated carbocycles. The monoisotopic (exact) mass is 399 g/mol. The predicted molar refractivity (Wildman–Crippen MR) is 106 cm³/mol. The topological polar surface area (TPSA) is 43.1 Å². The van der Waals surface area contributed by atoms with E-state index in [1.807, 2.05) is 13.0 Å². The van der Waals surface area contributed by atoms with Crippen molar-refractivity contribution in [3.8, 4) is 11.1 Å². The van der Waals surface area contributed by atoms with Crippen molar-refractivity contribution in [2.75, 3.05) is 0 Å². The van der Waals surface area contributed by atoms with Crippen LogP contribution in [0, 0.1) is 25.7 Å². The molecule has 0 radical (unpaired) electrons. The third-order valence-electron chi connectivity index (χ3n) is 7.36. The molecular weight excluding hydrogens is 375 g/mol. The van der Waals surface area contributed by atoms with E-state index in [0.29, 0.717) is 28.9 Å². The Morgan fingerprint density at radius 2 is 1.62 bits per heavy atom. The van der Waals surface area contributed by atoms with Gasteiger partial charge in [-0.3, -0.25) is 4.79 Å². The van der Waals surface area contributed by atoms with Crippen LogP contribution in [-0.4, -0.2) is 5.91 Å². The summed E-state index contributed by atoms with van der Waals surface area (Å²) in [6.45, 7) is 4.07. The highest BCUT2D eigenvalue weighted by Gasteiger charge is 2.53. The van der Waals surface area contributed by atoms with Gasteiger partial charge in [0.05, 0.1) is 12.0 Å². The van der Waals surface area contributed by atoms with E-state index in [0.717, 1.165) is 29.5 Å². The Hall–Kier alpha value is -2.30. The molecule has 3 aliphatic rings.